The van der Waals surface area contributed by atoms with Gasteiger partial charge in [-0.2, -0.15) is 0 Å². The number of hydrogen-bond acceptors (Lipinski definition) is 4. The molecule has 118 valence electrons. The summed E-state index contributed by atoms with van der Waals surface area (Å²) in [6.45, 7) is 12.3. The SMILES string of the molecule is CCCc1cc(CO)cc(N2CCN(CC(C)C)CC2)n1. The molecule has 0 aromatic carbocycles. The predicted octanol–water partition coefficient (Wildman–Crippen LogP) is 2.30. The highest BCUT2D eigenvalue weighted by Gasteiger charge is 2.19. The molecule has 1 aliphatic rings. The van der Waals surface area contributed by atoms with Gasteiger partial charge in [-0.05, 0) is 30.0 Å². The van der Waals surface area contributed by atoms with Crippen molar-refractivity contribution in [3.63, 3.8) is 0 Å². The molecule has 1 saturated heterocycles. The molecular formula is C17H29N3O. The molecule has 4 nitrogen and oxygen atoms in total. The van der Waals surface area contributed by atoms with Crippen LogP contribution in [0.1, 0.15) is 38.4 Å². The molecule has 21 heavy (non-hydrogen) atoms. The lowest BCUT2D eigenvalue weighted by Gasteiger charge is -2.36. The highest BCUT2D eigenvalue weighted by molar-refractivity contribution is 5.43. The zero-order valence-electron chi connectivity index (χ0n) is 13.7. The highest BCUT2D eigenvalue weighted by Crippen LogP contribution is 2.18. The lowest BCUT2D eigenvalue weighted by molar-refractivity contribution is 0.231. The smallest absolute Gasteiger partial charge is 0.129 e. The van der Waals surface area contributed by atoms with Crippen molar-refractivity contribution in [2.75, 3.05) is 37.6 Å². The summed E-state index contributed by atoms with van der Waals surface area (Å²) in [6.07, 6.45) is 2.07. The zero-order chi connectivity index (χ0) is 15.2. The fourth-order valence-corrected chi connectivity index (χ4v) is 2.95. The summed E-state index contributed by atoms with van der Waals surface area (Å²) in [5.74, 6) is 1.76. The first-order valence-electron chi connectivity index (χ1n) is 8.20. The second kappa shape index (κ2) is 7.76. The van der Waals surface area contributed by atoms with Crippen molar-refractivity contribution in [1.82, 2.24) is 9.88 Å². The van der Waals surface area contributed by atoms with Gasteiger partial charge in [0.05, 0.1) is 6.61 Å². The van der Waals surface area contributed by atoms with E-state index in [0.717, 1.165) is 62.0 Å². The standard InChI is InChI=1S/C17H29N3O/c1-4-5-16-10-15(13-21)11-17(18-16)20-8-6-19(7-9-20)12-14(2)3/h10-11,14,21H,4-9,12-13H2,1-3H3. The number of rotatable bonds is 6. The fourth-order valence-electron chi connectivity index (χ4n) is 2.95. The Hall–Kier alpha value is -1.13. The minimum Gasteiger partial charge on any atom is -0.392 e. The molecule has 0 saturated carbocycles. The number of aliphatic hydroxyl groups is 1. The predicted molar refractivity (Wildman–Crippen MR) is 87.6 cm³/mol. The molecule has 1 aromatic rings. The molecule has 0 spiro atoms. The summed E-state index contributed by atoms with van der Waals surface area (Å²) in [7, 11) is 0. The Morgan fingerprint density at radius 1 is 1.19 bits per heavy atom. The number of piperazine rings is 1. The average molecular weight is 291 g/mol. The topological polar surface area (TPSA) is 39.6 Å². The number of pyridine rings is 1. The summed E-state index contributed by atoms with van der Waals surface area (Å²) in [4.78, 5) is 9.67. The maximum Gasteiger partial charge on any atom is 0.129 e. The molecule has 1 aliphatic heterocycles. The van der Waals surface area contributed by atoms with E-state index in [9.17, 15) is 5.11 Å². The van der Waals surface area contributed by atoms with Crippen LogP contribution in [-0.2, 0) is 13.0 Å². The minimum atomic E-state index is 0.0968. The first kappa shape index (κ1) is 16.2. The van der Waals surface area contributed by atoms with Crippen LogP contribution < -0.4 is 4.90 Å². The van der Waals surface area contributed by atoms with Crippen LogP contribution in [-0.4, -0.2) is 47.7 Å². The largest absolute Gasteiger partial charge is 0.392 e. The first-order chi connectivity index (χ1) is 10.1. The van der Waals surface area contributed by atoms with Crippen LogP contribution in [0.5, 0.6) is 0 Å². The Morgan fingerprint density at radius 2 is 1.90 bits per heavy atom. The molecule has 0 aliphatic carbocycles. The first-order valence-corrected chi connectivity index (χ1v) is 8.20. The quantitative estimate of drug-likeness (QED) is 0.873. The van der Waals surface area contributed by atoms with E-state index in [0.29, 0.717) is 0 Å². The summed E-state index contributed by atoms with van der Waals surface area (Å²) < 4.78 is 0. The second-order valence-corrected chi connectivity index (χ2v) is 6.41. The van der Waals surface area contributed by atoms with Crippen LogP contribution in [0.3, 0.4) is 0 Å². The van der Waals surface area contributed by atoms with Gasteiger partial charge < -0.3 is 10.0 Å². The average Bonchev–Trinajstić information content (AvgIpc) is 2.47. The molecule has 4 heteroatoms. The van der Waals surface area contributed by atoms with Gasteiger partial charge in [-0.25, -0.2) is 4.98 Å². The summed E-state index contributed by atoms with van der Waals surface area (Å²) in [6, 6.07) is 4.07. The van der Waals surface area contributed by atoms with Crippen molar-refractivity contribution in [2.24, 2.45) is 5.92 Å². The minimum absolute atomic E-state index is 0.0968. The Balaban J connectivity index is 2.03. The van der Waals surface area contributed by atoms with Crippen molar-refractivity contribution in [1.29, 1.82) is 0 Å². The number of nitrogens with zero attached hydrogens (tertiary/aromatic N) is 3. The maximum atomic E-state index is 9.44. The Kier molecular flexibility index (Phi) is 6.00. The molecule has 0 bridgehead atoms. The van der Waals surface area contributed by atoms with E-state index < -0.39 is 0 Å². The molecule has 1 fully saturated rings. The lowest BCUT2D eigenvalue weighted by atomic mass is 10.1. The number of hydrogen-bond donors (Lipinski definition) is 1. The fraction of sp³-hybridized carbons (Fsp3) is 0.706. The third kappa shape index (κ3) is 4.68. The van der Waals surface area contributed by atoms with Crippen molar-refractivity contribution in [3.05, 3.63) is 23.4 Å². The lowest BCUT2D eigenvalue weighted by Crippen LogP contribution is -2.47. The van der Waals surface area contributed by atoms with Gasteiger partial charge in [0.2, 0.25) is 0 Å². The van der Waals surface area contributed by atoms with E-state index >= 15 is 0 Å². The summed E-state index contributed by atoms with van der Waals surface area (Å²) in [5, 5.41) is 9.44. The van der Waals surface area contributed by atoms with E-state index in [1.165, 1.54) is 6.54 Å². The van der Waals surface area contributed by atoms with Crippen LogP contribution in [0.15, 0.2) is 12.1 Å². The molecule has 1 N–H and O–H groups in total. The van der Waals surface area contributed by atoms with Crippen LogP contribution in [0.4, 0.5) is 5.82 Å². The van der Waals surface area contributed by atoms with Crippen LogP contribution in [0.2, 0.25) is 0 Å². The van der Waals surface area contributed by atoms with Gasteiger partial charge >= 0.3 is 0 Å². The van der Waals surface area contributed by atoms with Crippen LogP contribution in [0, 0.1) is 5.92 Å². The molecular weight excluding hydrogens is 262 g/mol. The molecule has 0 amide bonds. The van der Waals surface area contributed by atoms with E-state index in [2.05, 4.69) is 30.6 Å². The van der Waals surface area contributed by atoms with Crippen molar-refractivity contribution >= 4 is 5.82 Å². The van der Waals surface area contributed by atoms with Gasteiger partial charge in [-0.3, -0.25) is 4.90 Å². The zero-order valence-corrected chi connectivity index (χ0v) is 13.7. The van der Waals surface area contributed by atoms with Crippen molar-refractivity contribution in [2.45, 2.75) is 40.2 Å². The third-order valence-electron chi connectivity index (χ3n) is 3.93. The van der Waals surface area contributed by atoms with E-state index in [1.807, 2.05) is 12.1 Å². The molecule has 2 rings (SSSR count). The number of aliphatic hydroxyl groups excluding tert-OH is 1. The van der Waals surface area contributed by atoms with Crippen LogP contribution in [0.25, 0.3) is 0 Å². The molecule has 0 radical (unpaired) electrons. The molecule has 2 heterocycles. The van der Waals surface area contributed by atoms with Crippen LogP contribution >= 0.6 is 0 Å². The van der Waals surface area contributed by atoms with Gasteiger partial charge in [-0.1, -0.05) is 27.2 Å². The van der Waals surface area contributed by atoms with E-state index in [4.69, 9.17) is 4.98 Å². The Labute approximate surface area is 128 Å². The number of anilines is 1. The Morgan fingerprint density at radius 3 is 2.48 bits per heavy atom. The molecule has 1 aromatic heterocycles. The molecule has 0 unspecified atom stereocenters. The van der Waals surface area contributed by atoms with Gasteiger partial charge in [0.15, 0.2) is 0 Å². The summed E-state index contributed by atoms with van der Waals surface area (Å²) in [5.41, 5.74) is 2.08. The summed E-state index contributed by atoms with van der Waals surface area (Å²) >= 11 is 0. The monoisotopic (exact) mass is 291 g/mol. The van der Waals surface area contributed by atoms with Crippen molar-refractivity contribution < 1.29 is 5.11 Å². The van der Waals surface area contributed by atoms with Gasteiger partial charge in [0, 0.05) is 38.4 Å². The van der Waals surface area contributed by atoms with Gasteiger partial charge in [0.1, 0.15) is 5.82 Å². The van der Waals surface area contributed by atoms with E-state index in [1.54, 1.807) is 0 Å². The number of aromatic nitrogens is 1. The highest BCUT2D eigenvalue weighted by atomic mass is 16.3. The maximum absolute atomic E-state index is 9.44. The van der Waals surface area contributed by atoms with E-state index in [-0.39, 0.29) is 6.61 Å². The van der Waals surface area contributed by atoms with Gasteiger partial charge in [0.25, 0.3) is 0 Å². The normalized spacial score (nSPS) is 16.7. The third-order valence-corrected chi connectivity index (χ3v) is 3.93. The number of aryl methyl sites for hydroxylation is 1. The Bertz CT molecular complexity index is 440. The van der Waals surface area contributed by atoms with Crippen molar-refractivity contribution in [3.8, 4) is 0 Å². The van der Waals surface area contributed by atoms with Gasteiger partial charge in [-0.15, -0.1) is 0 Å². The molecule has 0 atom stereocenters. The second-order valence-electron chi connectivity index (χ2n) is 6.41.